The van der Waals surface area contributed by atoms with Crippen molar-refractivity contribution in [3.05, 3.63) is 88.7 Å². The Bertz CT molecular complexity index is 1280. The van der Waals surface area contributed by atoms with Crippen LogP contribution < -0.4 is 15.4 Å². The number of hydrogen-bond donors (Lipinski definition) is 3. The van der Waals surface area contributed by atoms with E-state index in [0.717, 1.165) is 6.07 Å². The van der Waals surface area contributed by atoms with Gasteiger partial charge in [0, 0.05) is 5.69 Å². The standard InChI is InChI=1S/C22H19ClFN3O4S/c1-14-10-11-15(12-20(14)32(30,31)27-19-9-5-3-7-17(19)23)26-21(28)13-25-22(29)16-6-2-4-8-18(16)24/h2-12,27H,13H2,1H3,(H,25,29)(H,26,28). The zero-order chi connectivity index (χ0) is 23.3. The Balaban J connectivity index is 1.70. The quantitative estimate of drug-likeness (QED) is 0.481. The van der Waals surface area contributed by atoms with E-state index < -0.39 is 34.2 Å². The predicted octanol–water partition coefficient (Wildman–Crippen LogP) is 3.96. The van der Waals surface area contributed by atoms with E-state index in [0.29, 0.717) is 5.56 Å². The van der Waals surface area contributed by atoms with E-state index in [2.05, 4.69) is 15.4 Å². The van der Waals surface area contributed by atoms with Crippen molar-refractivity contribution in [2.45, 2.75) is 11.8 Å². The zero-order valence-electron chi connectivity index (χ0n) is 16.9. The van der Waals surface area contributed by atoms with Gasteiger partial charge >= 0.3 is 0 Å². The Morgan fingerprint density at radius 1 is 1.00 bits per heavy atom. The van der Waals surface area contributed by atoms with Crippen LogP contribution in [0.25, 0.3) is 0 Å². The van der Waals surface area contributed by atoms with Crippen LogP contribution in [-0.2, 0) is 14.8 Å². The fourth-order valence-corrected chi connectivity index (χ4v) is 4.41. The second-order valence-corrected chi connectivity index (χ2v) is 8.83. The van der Waals surface area contributed by atoms with Gasteiger partial charge in [0.25, 0.3) is 15.9 Å². The molecule has 32 heavy (non-hydrogen) atoms. The number of hydrogen-bond acceptors (Lipinski definition) is 4. The first kappa shape index (κ1) is 23.2. The molecule has 0 saturated heterocycles. The molecule has 0 atom stereocenters. The predicted molar refractivity (Wildman–Crippen MR) is 121 cm³/mol. The Morgan fingerprint density at radius 2 is 1.69 bits per heavy atom. The number of benzene rings is 3. The minimum Gasteiger partial charge on any atom is -0.343 e. The molecule has 0 heterocycles. The summed E-state index contributed by atoms with van der Waals surface area (Å²) in [5.74, 6) is -2.06. The molecule has 0 unspecified atom stereocenters. The highest BCUT2D eigenvalue weighted by molar-refractivity contribution is 7.92. The third kappa shape index (κ3) is 5.63. The number of para-hydroxylation sites is 1. The molecule has 3 aromatic rings. The molecule has 10 heteroatoms. The molecular formula is C22H19ClFN3O4S. The second-order valence-electron chi connectivity index (χ2n) is 6.78. The van der Waals surface area contributed by atoms with Crippen molar-refractivity contribution >= 4 is 44.8 Å². The number of halogens is 2. The van der Waals surface area contributed by atoms with Crippen LogP contribution in [-0.4, -0.2) is 26.8 Å². The van der Waals surface area contributed by atoms with E-state index in [4.69, 9.17) is 11.6 Å². The lowest BCUT2D eigenvalue weighted by Gasteiger charge is -2.13. The summed E-state index contributed by atoms with van der Waals surface area (Å²) >= 11 is 6.03. The lowest BCUT2D eigenvalue weighted by Crippen LogP contribution is -2.33. The second kappa shape index (κ2) is 9.80. The molecule has 2 amide bonds. The van der Waals surface area contributed by atoms with E-state index >= 15 is 0 Å². The largest absolute Gasteiger partial charge is 0.343 e. The summed E-state index contributed by atoms with van der Waals surface area (Å²) in [4.78, 5) is 24.2. The number of carbonyl (C=O) groups is 2. The van der Waals surface area contributed by atoms with Crippen molar-refractivity contribution in [2.24, 2.45) is 0 Å². The number of nitrogens with one attached hydrogen (secondary N) is 3. The lowest BCUT2D eigenvalue weighted by molar-refractivity contribution is -0.115. The highest BCUT2D eigenvalue weighted by atomic mass is 35.5. The molecule has 166 valence electrons. The van der Waals surface area contributed by atoms with Crippen molar-refractivity contribution in [3.63, 3.8) is 0 Å². The normalized spacial score (nSPS) is 11.0. The number of carbonyl (C=O) groups excluding carboxylic acids is 2. The Kier molecular flexibility index (Phi) is 7.12. The minimum absolute atomic E-state index is 0.0504. The average molecular weight is 476 g/mol. The van der Waals surface area contributed by atoms with Gasteiger partial charge in [-0.05, 0) is 48.9 Å². The van der Waals surface area contributed by atoms with Gasteiger partial charge in [-0.25, -0.2) is 12.8 Å². The third-order valence-electron chi connectivity index (χ3n) is 4.41. The number of anilines is 2. The van der Waals surface area contributed by atoms with Gasteiger partial charge in [0.15, 0.2) is 0 Å². The molecule has 0 aromatic heterocycles. The number of sulfonamides is 1. The smallest absolute Gasteiger partial charge is 0.262 e. The maximum absolute atomic E-state index is 13.7. The van der Waals surface area contributed by atoms with Crippen LogP contribution in [0.1, 0.15) is 15.9 Å². The molecule has 0 aliphatic carbocycles. The number of amides is 2. The van der Waals surface area contributed by atoms with Crippen LogP contribution in [0.2, 0.25) is 5.02 Å². The third-order valence-corrected chi connectivity index (χ3v) is 6.24. The molecule has 0 aliphatic heterocycles. The maximum atomic E-state index is 13.7. The van der Waals surface area contributed by atoms with Gasteiger partial charge in [-0.3, -0.25) is 14.3 Å². The van der Waals surface area contributed by atoms with Gasteiger partial charge in [0.05, 0.1) is 27.7 Å². The number of aryl methyl sites for hydroxylation is 1. The summed E-state index contributed by atoms with van der Waals surface area (Å²) in [5.41, 5.74) is 0.698. The molecule has 3 rings (SSSR count). The Morgan fingerprint density at radius 3 is 2.41 bits per heavy atom. The maximum Gasteiger partial charge on any atom is 0.262 e. The van der Waals surface area contributed by atoms with Crippen molar-refractivity contribution in [3.8, 4) is 0 Å². The van der Waals surface area contributed by atoms with Crippen LogP contribution in [0.15, 0.2) is 71.6 Å². The molecule has 3 aromatic carbocycles. The monoisotopic (exact) mass is 475 g/mol. The van der Waals surface area contributed by atoms with Crippen molar-refractivity contribution in [1.82, 2.24) is 5.32 Å². The van der Waals surface area contributed by atoms with Gasteiger partial charge in [0.2, 0.25) is 5.91 Å². The molecule has 7 nitrogen and oxygen atoms in total. The number of rotatable bonds is 7. The fraction of sp³-hybridized carbons (Fsp3) is 0.0909. The molecule has 0 spiro atoms. The molecule has 0 saturated carbocycles. The van der Waals surface area contributed by atoms with Gasteiger partial charge in [-0.15, -0.1) is 0 Å². The molecule has 0 fully saturated rings. The summed E-state index contributed by atoms with van der Waals surface area (Å²) in [5, 5.41) is 5.07. The van der Waals surface area contributed by atoms with Gasteiger partial charge in [-0.2, -0.15) is 0 Å². The summed E-state index contributed by atoms with van der Waals surface area (Å²) in [6.45, 7) is 1.18. The van der Waals surface area contributed by atoms with Gasteiger partial charge in [0.1, 0.15) is 5.82 Å². The van der Waals surface area contributed by atoms with Crippen molar-refractivity contribution < 1.29 is 22.4 Å². The first-order chi connectivity index (χ1) is 15.2. The summed E-state index contributed by atoms with van der Waals surface area (Å²) in [7, 11) is -3.99. The first-order valence-electron chi connectivity index (χ1n) is 9.38. The van der Waals surface area contributed by atoms with Crippen molar-refractivity contribution in [2.75, 3.05) is 16.6 Å². The van der Waals surface area contributed by atoms with Crippen LogP contribution in [0.3, 0.4) is 0 Å². The summed E-state index contributed by atoms with van der Waals surface area (Å²) in [6.07, 6.45) is 0. The fourth-order valence-electron chi connectivity index (χ4n) is 2.82. The van der Waals surface area contributed by atoms with Crippen molar-refractivity contribution in [1.29, 1.82) is 0 Å². The molecular weight excluding hydrogens is 457 g/mol. The minimum atomic E-state index is -3.99. The van der Waals surface area contributed by atoms with E-state index in [1.54, 1.807) is 25.1 Å². The summed E-state index contributed by atoms with van der Waals surface area (Å²) in [6, 6.07) is 16.1. The summed E-state index contributed by atoms with van der Waals surface area (Å²) < 4.78 is 41.8. The highest BCUT2D eigenvalue weighted by Gasteiger charge is 2.19. The van der Waals surface area contributed by atoms with E-state index in [9.17, 15) is 22.4 Å². The Labute approximate surface area is 189 Å². The van der Waals surface area contributed by atoms with E-state index in [-0.39, 0.29) is 26.9 Å². The van der Waals surface area contributed by atoms with Gasteiger partial charge < -0.3 is 10.6 Å². The van der Waals surface area contributed by atoms with E-state index in [1.165, 1.54) is 42.5 Å². The Hall–Kier alpha value is -3.43. The highest BCUT2D eigenvalue weighted by Crippen LogP contribution is 2.26. The zero-order valence-corrected chi connectivity index (χ0v) is 18.4. The molecule has 0 aliphatic rings. The topological polar surface area (TPSA) is 104 Å². The molecule has 0 radical (unpaired) electrons. The van der Waals surface area contributed by atoms with E-state index in [1.807, 2.05) is 0 Å². The molecule has 3 N–H and O–H groups in total. The van der Waals surface area contributed by atoms with Crippen LogP contribution in [0.5, 0.6) is 0 Å². The van der Waals surface area contributed by atoms with Crippen LogP contribution in [0.4, 0.5) is 15.8 Å². The van der Waals surface area contributed by atoms with Gasteiger partial charge in [-0.1, -0.05) is 41.9 Å². The SMILES string of the molecule is Cc1ccc(NC(=O)CNC(=O)c2ccccc2F)cc1S(=O)(=O)Nc1ccccc1Cl. The molecule has 0 bridgehead atoms. The lowest BCUT2D eigenvalue weighted by atomic mass is 10.2. The average Bonchev–Trinajstić information content (AvgIpc) is 2.75. The first-order valence-corrected chi connectivity index (χ1v) is 11.2. The van der Waals surface area contributed by atoms with Crippen LogP contribution in [0, 0.1) is 12.7 Å². The van der Waals surface area contributed by atoms with Crippen LogP contribution >= 0.6 is 11.6 Å².